The summed E-state index contributed by atoms with van der Waals surface area (Å²) < 4.78 is 78.5. The second-order valence-corrected chi connectivity index (χ2v) is 5.54. The fourth-order valence-electron chi connectivity index (χ4n) is 1.40. The Balaban J connectivity index is 2.56. The van der Waals surface area contributed by atoms with Crippen molar-refractivity contribution in [3.8, 4) is 0 Å². The monoisotopic (exact) mass is 446 g/mol. The fourth-order valence-corrected chi connectivity index (χ4v) is 2.31. The standard InChI is InChI=1S/C12H2Br2F6N2/c13-3-1-5(15)7(17)9(19)11(3)21-22-12-4(14)2-6(16)8(18)10(12)20/h1-2H. The quantitative estimate of drug-likeness (QED) is 0.218. The molecule has 0 fully saturated rings. The normalized spacial score (nSPS) is 11.5. The molecular formula is C12H2Br2F6N2. The van der Waals surface area contributed by atoms with Gasteiger partial charge >= 0.3 is 0 Å². The third kappa shape index (κ3) is 3.02. The van der Waals surface area contributed by atoms with E-state index in [1.165, 1.54) is 0 Å². The van der Waals surface area contributed by atoms with E-state index >= 15 is 0 Å². The number of halogens is 8. The number of hydrogen-bond donors (Lipinski definition) is 0. The molecule has 10 heteroatoms. The highest BCUT2D eigenvalue weighted by Gasteiger charge is 2.20. The number of benzene rings is 2. The minimum absolute atomic E-state index is 0.299. The first-order chi connectivity index (χ1) is 10.2. The van der Waals surface area contributed by atoms with Crippen LogP contribution in [0.15, 0.2) is 31.3 Å². The molecule has 0 atom stereocenters. The second kappa shape index (κ2) is 6.37. The average Bonchev–Trinajstić information content (AvgIpc) is 2.45. The molecule has 0 spiro atoms. The Hall–Kier alpha value is -1.42. The van der Waals surface area contributed by atoms with Crippen molar-refractivity contribution in [2.45, 2.75) is 0 Å². The van der Waals surface area contributed by atoms with Gasteiger partial charge in [0, 0.05) is 0 Å². The smallest absolute Gasteiger partial charge is 0.196 e. The molecule has 2 nitrogen and oxygen atoms in total. The molecule has 0 aromatic heterocycles. The van der Waals surface area contributed by atoms with Crippen LogP contribution >= 0.6 is 31.9 Å². The summed E-state index contributed by atoms with van der Waals surface area (Å²) >= 11 is 5.46. The maximum atomic E-state index is 13.5. The van der Waals surface area contributed by atoms with Gasteiger partial charge in [-0.2, -0.15) is 0 Å². The highest BCUT2D eigenvalue weighted by Crippen LogP contribution is 2.36. The zero-order chi connectivity index (χ0) is 16.6. The molecule has 0 amide bonds. The molecule has 0 unspecified atom stereocenters. The third-order valence-electron chi connectivity index (χ3n) is 2.43. The van der Waals surface area contributed by atoms with Crippen molar-refractivity contribution in [1.29, 1.82) is 0 Å². The van der Waals surface area contributed by atoms with Crippen LogP contribution in [0.25, 0.3) is 0 Å². The molecule has 0 heterocycles. The van der Waals surface area contributed by atoms with Crippen LogP contribution in [0.2, 0.25) is 0 Å². The van der Waals surface area contributed by atoms with Crippen molar-refractivity contribution in [3.05, 3.63) is 56.0 Å². The van der Waals surface area contributed by atoms with Gasteiger partial charge in [0.15, 0.2) is 34.9 Å². The summed E-state index contributed by atoms with van der Waals surface area (Å²) in [4.78, 5) is 0. The van der Waals surface area contributed by atoms with Gasteiger partial charge < -0.3 is 0 Å². The molecular weight excluding hydrogens is 446 g/mol. The molecule has 22 heavy (non-hydrogen) atoms. The predicted molar refractivity (Wildman–Crippen MR) is 72.2 cm³/mol. The van der Waals surface area contributed by atoms with E-state index in [4.69, 9.17) is 0 Å². The summed E-state index contributed by atoms with van der Waals surface area (Å²) in [5.41, 5.74) is -1.54. The van der Waals surface area contributed by atoms with Gasteiger partial charge in [0.05, 0.1) is 8.95 Å². The Morgan fingerprint density at radius 1 is 0.591 bits per heavy atom. The predicted octanol–water partition coefficient (Wildman–Crippen LogP) is 6.46. The SMILES string of the molecule is Fc1cc(Br)c(N=Nc2c(Br)cc(F)c(F)c2F)c(F)c1F. The molecule has 0 N–H and O–H groups in total. The molecule has 0 radical (unpaired) electrons. The van der Waals surface area contributed by atoms with E-state index < -0.39 is 46.3 Å². The molecule has 0 aliphatic rings. The van der Waals surface area contributed by atoms with E-state index in [1.54, 1.807) is 0 Å². The Labute approximate surface area is 136 Å². The zero-order valence-corrected chi connectivity index (χ0v) is 13.2. The zero-order valence-electron chi connectivity index (χ0n) is 10.1. The fraction of sp³-hybridized carbons (Fsp3) is 0. The minimum atomic E-state index is -1.80. The lowest BCUT2D eigenvalue weighted by molar-refractivity contribution is 0.445. The van der Waals surface area contributed by atoms with Gasteiger partial charge in [-0.1, -0.05) is 0 Å². The van der Waals surface area contributed by atoms with Gasteiger partial charge in [-0.25, -0.2) is 26.3 Å². The van der Waals surface area contributed by atoms with Gasteiger partial charge in [-0.3, -0.25) is 0 Å². The van der Waals surface area contributed by atoms with E-state index in [9.17, 15) is 26.3 Å². The maximum Gasteiger partial charge on any atom is 0.196 e. The van der Waals surface area contributed by atoms with E-state index in [2.05, 4.69) is 42.1 Å². The summed E-state index contributed by atoms with van der Waals surface area (Å²) in [6.45, 7) is 0. The maximum absolute atomic E-state index is 13.5. The first-order valence-electron chi connectivity index (χ1n) is 5.31. The Morgan fingerprint density at radius 2 is 0.909 bits per heavy atom. The molecule has 2 aromatic carbocycles. The van der Waals surface area contributed by atoms with E-state index in [-0.39, 0.29) is 8.95 Å². The highest BCUT2D eigenvalue weighted by atomic mass is 79.9. The minimum Gasteiger partial charge on any atom is -0.204 e. The van der Waals surface area contributed by atoms with Crippen LogP contribution in [0.3, 0.4) is 0 Å². The summed E-state index contributed by atoms with van der Waals surface area (Å²) in [5, 5.41) is 6.41. The van der Waals surface area contributed by atoms with Crippen LogP contribution in [-0.4, -0.2) is 0 Å². The molecule has 0 aliphatic heterocycles. The molecule has 0 saturated carbocycles. The van der Waals surface area contributed by atoms with Gasteiger partial charge in [0.1, 0.15) is 11.4 Å². The molecule has 2 rings (SSSR count). The van der Waals surface area contributed by atoms with Crippen molar-refractivity contribution >= 4 is 43.2 Å². The largest absolute Gasteiger partial charge is 0.204 e. The van der Waals surface area contributed by atoms with Crippen molar-refractivity contribution in [2.75, 3.05) is 0 Å². The van der Waals surface area contributed by atoms with Gasteiger partial charge in [0.25, 0.3) is 0 Å². The van der Waals surface area contributed by atoms with Gasteiger partial charge in [-0.15, -0.1) is 10.2 Å². The second-order valence-electron chi connectivity index (χ2n) is 3.83. The average molecular weight is 448 g/mol. The van der Waals surface area contributed by atoms with Crippen LogP contribution in [0, 0.1) is 34.9 Å². The Kier molecular flexibility index (Phi) is 4.90. The van der Waals surface area contributed by atoms with Gasteiger partial charge in [-0.05, 0) is 44.0 Å². The number of azo groups is 1. The topological polar surface area (TPSA) is 24.7 Å². The van der Waals surface area contributed by atoms with E-state index in [1.807, 2.05) is 0 Å². The van der Waals surface area contributed by atoms with Crippen molar-refractivity contribution in [2.24, 2.45) is 10.2 Å². The summed E-state index contributed by atoms with van der Waals surface area (Å²) in [6, 6.07) is 1.17. The lowest BCUT2D eigenvalue weighted by atomic mass is 10.3. The molecule has 2 aromatic rings. The molecule has 0 bridgehead atoms. The van der Waals surface area contributed by atoms with Gasteiger partial charge in [0.2, 0.25) is 0 Å². The first-order valence-corrected chi connectivity index (χ1v) is 6.90. The number of rotatable bonds is 2. The highest BCUT2D eigenvalue weighted by molar-refractivity contribution is 9.11. The third-order valence-corrected chi connectivity index (χ3v) is 3.64. The Bertz CT molecular complexity index is 729. The van der Waals surface area contributed by atoms with Crippen molar-refractivity contribution in [3.63, 3.8) is 0 Å². The van der Waals surface area contributed by atoms with Crippen molar-refractivity contribution in [1.82, 2.24) is 0 Å². The molecule has 0 saturated heterocycles. The lowest BCUT2D eigenvalue weighted by Crippen LogP contribution is -1.92. The van der Waals surface area contributed by atoms with Crippen LogP contribution < -0.4 is 0 Å². The van der Waals surface area contributed by atoms with E-state index in [0.29, 0.717) is 12.1 Å². The van der Waals surface area contributed by atoms with Crippen molar-refractivity contribution < 1.29 is 26.3 Å². The van der Waals surface area contributed by atoms with E-state index in [0.717, 1.165) is 0 Å². The lowest BCUT2D eigenvalue weighted by Gasteiger charge is -2.04. The molecule has 0 aliphatic carbocycles. The number of hydrogen-bond acceptors (Lipinski definition) is 2. The summed E-state index contributed by atoms with van der Waals surface area (Å²) in [6.07, 6.45) is 0. The number of nitrogens with zero attached hydrogens (tertiary/aromatic N) is 2. The summed E-state index contributed by atoms with van der Waals surface area (Å²) in [7, 11) is 0. The van der Waals surface area contributed by atoms with Crippen LogP contribution in [-0.2, 0) is 0 Å². The van der Waals surface area contributed by atoms with Crippen LogP contribution in [0.4, 0.5) is 37.7 Å². The Morgan fingerprint density at radius 3 is 1.23 bits per heavy atom. The van der Waals surface area contributed by atoms with Crippen LogP contribution in [0.5, 0.6) is 0 Å². The summed E-state index contributed by atoms with van der Waals surface area (Å²) in [5.74, 6) is -9.89. The first kappa shape index (κ1) is 16.9. The van der Waals surface area contributed by atoms with Crippen LogP contribution in [0.1, 0.15) is 0 Å². The molecule has 116 valence electrons.